The Kier molecular flexibility index (Phi) is 6.29. The monoisotopic (exact) mass is 460 g/mol. The fourth-order valence-electron chi connectivity index (χ4n) is 4.43. The summed E-state index contributed by atoms with van der Waals surface area (Å²) in [5.74, 6) is 1.24. The van der Waals surface area contributed by atoms with Crippen LogP contribution in [0.15, 0.2) is 52.9 Å². The smallest absolute Gasteiger partial charge is 0.265 e. The molecule has 2 aromatic carbocycles. The van der Waals surface area contributed by atoms with E-state index in [2.05, 4.69) is 10.2 Å². The summed E-state index contributed by atoms with van der Waals surface area (Å²) in [6, 6.07) is 15.2. The van der Waals surface area contributed by atoms with E-state index in [0.717, 1.165) is 43.5 Å². The number of benzene rings is 2. The molecule has 2 aliphatic heterocycles. The van der Waals surface area contributed by atoms with Crippen molar-refractivity contribution in [1.82, 2.24) is 15.1 Å². The van der Waals surface area contributed by atoms with Gasteiger partial charge in [0.05, 0.1) is 12.2 Å². The molecule has 8 nitrogen and oxygen atoms in total. The van der Waals surface area contributed by atoms with Crippen LogP contribution in [0, 0.1) is 6.92 Å². The van der Waals surface area contributed by atoms with E-state index in [9.17, 15) is 9.59 Å². The Labute approximate surface area is 198 Å². The molecule has 1 saturated heterocycles. The second-order valence-corrected chi connectivity index (χ2v) is 8.83. The van der Waals surface area contributed by atoms with Gasteiger partial charge in [-0.2, -0.15) is 0 Å². The number of ether oxygens (including phenoxy) is 1. The van der Waals surface area contributed by atoms with Gasteiger partial charge in [0.2, 0.25) is 17.7 Å². The molecule has 0 N–H and O–H groups in total. The Morgan fingerprint density at radius 1 is 1.00 bits per heavy atom. The van der Waals surface area contributed by atoms with Crippen molar-refractivity contribution in [2.24, 2.45) is 0 Å². The topological polar surface area (TPSA) is 88.8 Å². The van der Waals surface area contributed by atoms with Crippen LogP contribution in [0.5, 0.6) is 5.75 Å². The van der Waals surface area contributed by atoms with Gasteiger partial charge in [-0.15, -0.1) is 10.2 Å². The number of aromatic nitrogens is 2. The minimum absolute atomic E-state index is 0.0494. The number of fused-ring (bicyclic) bond motifs is 1. The van der Waals surface area contributed by atoms with Crippen LogP contribution < -0.4 is 9.64 Å². The van der Waals surface area contributed by atoms with Crippen LogP contribution in [-0.2, 0) is 16.0 Å². The molecule has 1 fully saturated rings. The number of hydrogen-bond donors (Lipinski definition) is 0. The number of carbonyl (C=O) groups excluding carboxylic acids is 2. The second kappa shape index (κ2) is 9.67. The maximum atomic E-state index is 13.2. The summed E-state index contributed by atoms with van der Waals surface area (Å²) in [5.41, 5.74) is 2.68. The molecule has 176 valence electrons. The number of piperidine rings is 1. The molecule has 0 bridgehead atoms. The zero-order valence-electron chi connectivity index (χ0n) is 19.3. The minimum Gasteiger partial charge on any atom is -0.476 e. The van der Waals surface area contributed by atoms with Crippen LogP contribution in [0.1, 0.15) is 37.1 Å². The number of aryl methyl sites for hydroxylation is 2. The van der Waals surface area contributed by atoms with Crippen molar-refractivity contribution >= 4 is 17.5 Å². The maximum absolute atomic E-state index is 13.2. The number of para-hydroxylation sites is 2. The predicted molar refractivity (Wildman–Crippen MR) is 126 cm³/mol. The van der Waals surface area contributed by atoms with Crippen molar-refractivity contribution in [1.29, 1.82) is 0 Å². The number of rotatable bonds is 5. The third-order valence-electron chi connectivity index (χ3n) is 6.34. The van der Waals surface area contributed by atoms with Gasteiger partial charge < -0.3 is 19.0 Å². The molecular weight excluding hydrogens is 432 g/mol. The SMILES string of the molecule is Cc1ccc(-c2nnc(CCC(=O)N3C[C@H](C(=O)N4CCCCC4)Oc4ccccc43)o2)cc1. The van der Waals surface area contributed by atoms with Gasteiger partial charge in [-0.05, 0) is 50.5 Å². The molecule has 3 heterocycles. The minimum atomic E-state index is -0.700. The maximum Gasteiger partial charge on any atom is 0.265 e. The van der Waals surface area contributed by atoms with E-state index in [1.54, 1.807) is 11.0 Å². The van der Waals surface area contributed by atoms with Gasteiger partial charge in [-0.3, -0.25) is 9.59 Å². The third-order valence-corrected chi connectivity index (χ3v) is 6.34. The first-order valence-corrected chi connectivity index (χ1v) is 11.8. The third kappa shape index (κ3) is 4.66. The summed E-state index contributed by atoms with van der Waals surface area (Å²) in [7, 11) is 0. The van der Waals surface area contributed by atoms with Crippen LogP contribution in [0.4, 0.5) is 5.69 Å². The molecular formula is C26H28N4O4. The standard InChI is InChI=1S/C26H28N4O4/c1-18-9-11-19(12-10-18)25-28-27-23(34-25)13-14-24(31)30-17-22(26(32)29-15-5-2-6-16-29)33-21-8-4-3-7-20(21)30/h3-4,7-12,22H,2,5-6,13-17H2,1H3/t22-/m1/s1. The number of anilines is 1. The molecule has 1 aromatic heterocycles. The molecule has 8 heteroatoms. The van der Waals surface area contributed by atoms with Gasteiger partial charge in [-0.1, -0.05) is 29.8 Å². The van der Waals surface area contributed by atoms with Gasteiger partial charge in [0.25, 0.3) is 5.91 Å². The first kappa shape index (κ1) is 22.1. The van der Waals surface area contributed by atoms with Gasteiger partial charge in [0.15, 0.2) is 6.10 Å². The van der Waals surface area contributed by atoms with Crippen LogP contribution in [-0.4, -0.2) is 52.6 Å². The number of amides is 2. The first-order valence-electron chi connectivity index (χ1n) is 11.8. The van der Waals surface area contributed by atoms with Crippen molar-refractivity contribution in [3.05, 3.63) is 60.0 Å². The molecule has 0 radical (unpaired) electrons. The average molecular weight is 461 g/mol. The van der Waals surface area contributed by atoms with Gasteiger partial charge in [-0.25, -0.2) is 0 Å². The Balaban J connectivity index is 1.27. The van der Waals surface area contributed by atoms with Crippen molar-refractivity contribution in [3.8, 4) is 17.2 Å². The molecule has 2 aliphatic rings. The largest absolute Gasteiger partial charge is 0.476 e. The van der Waals surface area contributed by atoms with Crippen molar-refractivity contribution in [2.45, 2.75) is 45.1 Å². The number of carbonyl (C=O) groups is 2. The predicted octanol–water partition coefficient (Wildman–Crippen LogP) is 3.78. The van der Waals surface area contributed by atoms with Crippen molar-refractivity contribution in [3.63, 3.8) is 0 Å². The van der Waals surface area contributed by atoms with Crippen molar-refractivity contribution in [2.75, 3.05) is 24.5 Å². The Bertz CT molecular complexity index is 1170. The van der Waals surface area contributed by atoms with Gasteiger partial charge in [0.1, 0.15) is 5.75 Å². The molecule has 5 rings (SSSR count). The number of likely N-dealkylation sites (tertiary alicyclic amines) is 1. The molecule has 0 spiro atoms. The molecule has 0 saturated carbocycles. The summed E-state index contributed by atoms with van der Waals surface area (Å²) in [6.07, 6.45) is 2.97. The second-order valence-electron chi connectivity index (χ2n) is 8.83. The Hall–Kier alpha value is -3.68. The molecule has 1 atom stereocenters. The lowest BCUT2D eigenvalue weighted by Crippen LogP contribution is -2.52. The molecule has 0 aliphatic carbocycles. The summed E-state index contributed by atoms with van der Waals surface area (Å²) in [5, 5.41) is 8.23. The molecule has 0 unspecified atom stereocenters. The molecule has 2 amide bonds. The Morgan fingerprint density at radius 3 is 2.56 bits per heavy atom. The summed E-state index contributed by atoms with van der Waals surface area (Å²) in [4.78, 5) is 29.9. The molecule has 3 aromatic rings. The van der Waals surface area contributed by atoms with E-state index in [-0.39, 0.29) is 24.8 Å². The van der Waals surface area contributed by atoms with Crippen LogP contribution >= 0.6 is 0 Å². The van der Waals surface area contributed by atoms with E-state index in [1.807, 2.05) is 54.3 Å². The fourth-order valence-corrected chi connectivity index (χ4v) is 4.43. The van der Waals surface area contributed by atoms with Gasteiger partial charge in [0, 0.05) is 31.5 Å². The van der Waals surface area contributed by atoms with E-state index < -0.39 is 6.10 Å². The summed E-state index contributed by atoms with van der Waals surface area (Å²) in [6.45, 7) is 3.70. The molecule has 34 heavy (non-hydrogen) atoms. The first-order chi connectivity index (χ1) is 16.6. The number of nitrogens with zero attached hydrogens (tertiary/aromatic N) is 4. The zero-order valence-corrected chi connectivity index (χ0v) is 19.3. The highest BCUT2D eigenvalue weighted by Crippen LogP contribution is 2.34. The summed E-state index contributed by atoms with van der Waals surface area (Å²) >= 11 is 0. The van der Waals surface area contributed by atoms with Crippen LogP contribution in [0.2, 0.25) is 0 Å². The van der Waals surface area contributed by atoms with Crippen LogP contribution in [0.3, 0.4) is 0 Å². The highest BCUT2D eigenvalue weighted by Gasteiger charge is 2.36. The zero-order chi connectivity index (χ0) is 23.5. The van der Waals surface area contributed by atoms with Gasteiger partial charge >= 0.3 is 0 Å². The van der Waals surface area contributed by atoms with E-state index in [0.29, 0.717) is 29.6 Å². The number of hydrogen-bond acceptors (Lipinski definition) is 6. The van der Waals surface area contributed by atoms with E-state index in [1.165, 1.54) is 0 Å². The highest BCUT2D eigenvalue weighted by atomic mass is 16.5. The lowest BCUT2D eigenvalue weighted by molar-refractivity contribution is -0.139. The average Bonchev–Trinajstić information content (AvgIpc) is 3.36. The lowest BCUT2D eigenvalue weighted by Gasteiger charge is -2.37. The van der Waals surface area contributed by atoms with E-state index >= 15 is 0 Å². The lowest BCUT2D eigenvalue weighted by atomic mass is 10.1. The Morgan fingerprint density at radius 2 is 1.76 bits per heavy atom. The summed E-state index contributed by atoms with van der Waals surface area (Å²) < 4.78 is 11.8. The highest BCUT2D eigenvalue weighted by molar-refractivity contribution is 5.97. The van der Waals surface area contributed by atoms with E-state index in [4.69, 9.17) is 9.15 Å². The van der Waals surface area contributed by atoms with Crippen molar-refractivity contribution < 1.29 is 18.7 Å². The fraction of sp³-hybridized carbons (Fsp3) is 0.385. The normalized spacial score (nSPS) is 17.7. The quantitative estimate of drug-likeness (QED) is 0.576. The van der Waals surface area contributed by atoms with Crippen LogP contribution in [0.25, 0.3) is 11.5 Å².